The summed E-state index contributed by atoms with van der Waals surface area (Å²) in [6, 6.07) is 6.23. The highest BCUT2D eigenvalue weighted by atomic mass is 15.1. The smallest absolute Gasteiger partial charge is 0.0574 e. The molecule has 1 aromatic carbocycles. The Bertz CT molecular complexity index is 381. The maximum Gasteiger partial charge on any atom is 0.0574 e. The SMILES string of the molecule is CCN1CCC(CNc2ccc(C)cc2N)CC1. The number of nitrogens with zero attached hydrogens (tertiary/aromatic N) is 1. The summed E-state index contributed by atoms with van der Waals surface area (Å²) in [5, 5.41) is 3.50. The summed E-state index contributed by atoms with van der Waals surface area (Å²) < 4.78 is 0. The van der Waals surface area contributed by atoms with Crippen LogP contribution in [0, 0.1) is 12.8 Å². The second-order valence-corrected chi connectivity index (χ2v) is 5.35. The Kier molecular flexibility index (Phi) is 4.48. The van der Waals surface area contributed by atoms with Crippen molar-refractivity contribution in [3.8, 4) is 0 Å². The quantitative estimate of drug-likeness (QED) is 0.804. The minimum Gasteiger partial charge on any atom is -0.397 e. The Hall–Kier alpha value is -1.22. The second kappa shape index (κ2) is 6.10. The summed E-state index contributed by atoms with van der Waals surface area (Å²) in [4.78, 5) is 2.52. The standard InChI is InChI=1S/C15H25N3/c1-3-18-8-6-13(7-9-18)11-17-15-5-4-12(2)10-14(15)16/h4-5,10,13,17H,3,6-9,11,16H2,1-2H3. The molecule has 1 saturated heterocycles. The van der Waals surface area contributed by atoms with Crippen LogP contribution in [0.3, 0.4) is 0 Å². The fourth-order valence-corrected chi connectivity index (χ4v) is 2.60. The highest BCUT2D eigenvalue weighted by Gasteiger charge is 2.17. The third-order valence-electron chi connectivity index (χ3n) is 3.94. The van der Waals surface area contributed by atoms with Crippen molar-refractivity contribution in [1.82, 2.24) is 4.90 Å². The predicted octanol–water partition coefficient (Wildman–Crippen LogP) is 2.72. The van der Waals surface area contributed by atoms with Gasteiger partial charge in [-0.1, -0.05) is 13.0 Å². The van der Waals surface area contributed by atoms with Gasteiger partial charge in [0.2, 0.25) is 0 Å². The van der Waals surface area contributed by atoms with Gasteiger partial charge in [-0.3, -0.25) is 0 Å². The molecule has 1 aliphatic heterocycles. The zero-order valence-electron chi connectivity index (χ0n) is 11.6. The summed E-state index contributed by atoms with van der Waals surface area (Å²) in [6.45, 7) is 9.03. The molecule has 0 amide bonds. The molecule has 18 heavy (non-hydrogen) atoms. The average molecular weight is 247 g/mol. The monoisotopic (exact) mass is 247 g/mol. The van der Waals surface area contributed by atoms with Crippen molar-refractivity contribution in [2.24, 2.45) is 5.92 Å². The highest BCUT2D eigenvalue weighted by molar-refractivity contribution is 5.66. The summed E-state index contributed by atoms with van der Waals surface area (Å²) in [5.74, 6) is 0.786. The van der Waals surface area contributed by atoms with Crippen LogP contribution in [-0.4, -0.2) is 31.1 Å². The lowest BCUT2D eigenvalue weighted by Crippen LogP contribution is -2.35. The predicted molar refractivity (Wildman–Crippen MR) is 78.9 cm³/mol. The van der Waals surface area contributed by atoms with E-state index in [1.807, 2.05) is 6.07 Å². The highest BCUT2D eigenvalue weighted by Crippen LogP contribution is 2.22. The van der Waals surface area contributed by atoms with Gasteiger partial charge in [-0.15, -0.1) is 0 Å². The molecule has 0 aromatic heterocycles. The molecule has 0 radical (unpaired) electrons. The van der Waals surface area contributed by atoms with Gasteiger partial charge in [-0.05, 0) is 63.0 Å². The molecule has 3 heteroatoms. The molecule has 0 bridgehead atoms. The summed E-state index contributed by atoms with van der Waals surface area (Å²) in [6.07, 6.45) is 2.60. The number of likely N-dealkylation sites (tertiary alicyclic amines) is 1. The van der Waals surface area contributed by atoms with Crippen LogP contribution in [0.15, 0.2) is 18.2 Å². The van der Waals surface area contributed by atoms with Gasteiger partial charge < -0.3 is 16.0 Å². The van der Waals surface area contributed by atoms with E-state index in [1.54, 1.807) is 0 Å². The van der Waals surface area contributed by atoms with Crippen LogP contribution >= 0.6 is 0 Å². The number of anilines is 2. The molecule has 3 N–H and O–H groups in total. The van der Waals surface area contributed by atoms with E-state index in [9.17, 15) is 0 Å². The van der Waals surface area contributed by atoms with Crippen LogP contribution in [0.1, 0.15) is 25.3 Å². The number of hydrogen-bond acceptors (Lipinski definition) is 3. The molecule has 1 aliphatic rings. The van der Waals surface area contributed by atoms with Crippen LogP contribution in [0.2, 0.25) is 0 Å². The van der Waals surface area contributed by atoms with E-state index in [-0.39, 0.29) is 0 Å². The molecular formula is C15H25N3. The molecule has 0 saturated carbocycles. The number of piperidine rings is 1. The summed E-state index contributed by atoms with van der Waals surface area (Å²) in [7, 11) is 0. The van der Waals surface area contributed by atoms with E-state index in [1.165, 1.54) is 38.0 Å². The number of hydrogen-bond donors (Lipinski definition) is 2. The molecule has 1 aromatic rings. The summed E-state index contributed by atoms with van der Waals surface area (Å²) in [5.41, 5.74) is 9.17. The van der Waals surface area contributed by atoms with Gasteiger partial charge in [-0.25, -0.2) is 0 Å². The molecule has 0 unspecified atom stereocenters. The lowest BCUT2D eigenvalue weighted by atomic mass is 9.96. The van der Waals surface area contributed by atoms with Crippen LogP contribution in [0.25, 0.3) is 0 Å². The normalized spacial score (nSPS) is 17.9. The van der Waals surface area contributed by atoms with Gasteiger partial charge in [0.15, 0.2) is 0 Å². The van der Waals surface area contributed by atoms with Crippen molar-refractivity contribution < 1.29 is 0 Å². The van der Waals surface area contributed by atoms with Crippen LogP contribution in [0.4, 0.5) is 11.4 Å². The fraction of sp³-hybridized carbons (Fsp3) is 0.600. The fourth-order valence-electron chi connectivity index (χ4n) is 2.60. The van der Waals surface area contributed by atoms with Gasteiger partial charge in [-0.2, -0.15) is 0 Å². The first-order chi connectivity index (χ1) is 8.69. The van der Waals surface area contributed by atoms with Crippen molar-refractivity contribution in [3.05, 3.63) is 23.8 Å². The van der Waals surface area contributed by atoms with Crippen LogP contribution in [-0.2, 0) is 0 Å². The number of nitrogen functional groups attached to an aromatic ring is 1. The number of benzene rings is 1. The zero-order chi connectivity index (χ0) is 13.0. The van der Waals surface area contributed by atoms with Crippen LogP contribution in [0.5, 0.6) is 0 Å². The van der Waals surface area contributed by atoms with Crippen molar-refractivity contribution >= 4 is 11.4 Å². The number of nitrogens with two attached hydrogens (primary N) is 1. The second-order valence-electron chi connectivity index (χ2n) is 5.35. The molecule has 0 atom stereocenters. The molecule has 3 nitrogen and oxygen atoms in total. The van der Waals surface area contributed by atoms with Crippen molar-refractivity contribution in [2.45, 2.75) is 26.7 Å². The van der Waals surface area contributed by atoms with Crippen molar-refractivity contribution in [2.75, 3.05) is 37.2 Å². The molecule has 100 valence electrons. The number of aryl methyl sites for hydroxylation is 1. The summed E-state index contributed by atoms with van der Waals surface area (Å²) >= 11 is 0. The zero-order valence-corrected chi connectivity index (χ0v) is 11.6. The number of nitrogens with one attached hydrogen (secondary N) is 1. The van der Waals surface area contributed by atoms with E-state index in [0.29, 0.717) is 0 Å². The first-order valence-corrected chi connectivity index (χ1v) is 7.01. The maximum atomic E-state index is 6.01. The van der Waals surface area contributed by atoms with E-state index in [4.69, 9.17) is 5.73 Å². The Balaban J connectivity index is 1.81. The lowest BCUT2D eigenvalue weighted by molar-refractivity contribution is 0.198. The molecule has 1 fully saturated rings. The minimum absolute atomic E-state index is 0.786. The Morgan fingerprint density at radius 2 is 2.06 bits per heavy atom. The topological polar surface area (TPSA) is 41.3 Å². The third-order valence-corrected chi connectivity index (χ3v) is 3.94. The Morgan fingerprint density at radius 3 is 2.67 bits per heavy atom. The first-order valence-electron chi connectivity index (χ1n) is 7.01. The Morgan fingerprint density at radius 1 is 1.33 bits per heavy atom. The maximum absolute atomic E-state index is 6.01. The van der Waals surface area contributed by atoms with E-state index >= 15 is 0 Å². The van der Waals surface area contributed by atoms with Gasteiger partial charge in [0.1, 0.15) is 0 Å². The molecule has 1 heterocycles. The molecule has 0 aliphatic carbocycles. The largest absolute Gasteiger partial charge is 0.397 e. The van der Waals surface area contributed by atoms with E-state index in [0.717, 1.165) is 23.8 Å². The minimum atomic E-state index is 0.786. The van der Waals surface area contributed by atoms with Crippen molar-refractivity contribution in [1.29, 1.82) is 0 Å². The van der Waals surface area contributed by atoms with Crippen molar-refractivity contribution in [3.63, 3.8) is 0 Å². The molecular weight excluding hydrogens is 222 g/mol. The van der Waals surface area contributed by atoms with Crippen LogP contribution < -0.4 is 11.1 Å². The van der Waals surface area contributed by atoms with Gasteiger partial charge in [0, 0.05) is 6.54 Å². The average Bonchev–Trinajstić information content (AvgIpc) is 2.38. The Labute approximate surface area is 110 Å². The van der Waals surface area contributed by atoms with Gasteiger partial charge in [0.05, 0.1) is 11.4 Å². The van der Waals surface area contributed by atoms with E-state index in [2.05, 4.69) is 36.2 Å². The number of rotatable bonds is 4. The third kappa shape index (κ3) is 3.39. The lowest BCUT2D eigenvalue weighted by Gasteiger charge is -2.31. The first kappa shape index (κ1) is 13.2. The van der Waals surface area contributed by atoms with Gasteiger partial charge >= 0.3 is 0 Å². The molecule has 2 rings (SSSR count). The molecule has 0 spiro atoms. The van der Waals surface area contributed by atoms with Gasteiger partial charge in [0.25, 0.3) is 0 Å². The van der Waals surface area contributed by atoms with E-state index < -0.39 is 0 Å².